The number of aryl methyl sites for hydroxylation is 2. The molecule has 6 nitrogen and oxygen atoms in total. The highest BCUT2D eigenvalue weighted by molar-refractivity contribution is 9.10. The van der Waals surface area contributed by atoms with Gasteiger partial charge >= 0.3 is 18.4 Å². The van der Waals surface area contributed by atoms with Crippen molar-refractivity contribution < 1.29 is 45.8 Å². The summed E-state index contributed by atoms with van der Waals surface area (Å²) in [5.74, 6) is -0.226. The van der Waals surface area contributed by atoms with Gasteiger partial charge in [0.1, 0.15) is 11.3 Å². The van der Waals surface area contributed by atoms with Crippen molar-refractivity contribution in [3.63, 3.8) is 0 Å². The molecule has 1 atom stereocenters. The van der Waals surface area contributed by atoms with Crippen LogP contribution in [0.4, 0.5) is 31.1 Å². The number of hydrogen-bond donors (Lipinski definition) is 2. The third-order valence-corrected chi connectivity index (χ3v) is 7.77. The van der Waals surface area contributed by atoms with Crippen LogP contribution in [0, 0.1) is 0 Å². The summed E-state index contributed by atoms with van der Waals surface area (Å²) in [6.07, 6.45) is -10.2. The van der Waals surface area contributed by atoms with E-state index in [1.807, 2.05) is 0 Å². The molecular formula is C29H33BrF6N2O4. The van der Waals surface area contributed by atoms with Gasteiger partial charge in [-0.25, -0.2) is 4.79 Å². The van der Waals surface area contributed by atoms with Crippen LogP contribution in [0.5, 0.6) is 5.75 Å². The number of hydrogen-bond acceptors (Lipinski definition) is 4. The zero-order chi connectivity index (χ0) is 31.5. The second kappa shape index (κ2) is 12.8. The number of aliphatic hydroxyl groups is 1. The van der Waals surface area contributed by atoms with E-state index in [1.165, 1.54) is 0 Å². The van der Waals surface area contributed by atoms with Crippen LogP contribution in [0.3, 0.4) is 0 Å². The number of amides is 3. The standard InChI is InChI=1S/C29H33BrF6N2O4/c1-4-8-18-16-21(27(41,28(31,32)33)29(34,35)36)17-19(9-5-2)23(18)42-15-7-6-14-38-24(39)26(3,37-25(38)40)20-10-12-22(30)13-11-20/h10-13,16-17,41H,4-9,14-15H2,1-3H3,(H,37,40). The van der Waals surface area contributed by atoms with Crippen molar-refractivity contribution in [2.24, 2.45) is 0 Å². The monoisotopic (exact) mass is 666 g/mol. The van der Waals surface area contributed by atoms with Gasteiger partial charge in [0.05, 0.1) is 6.61 Å². The molecule has 3 rings (SSSR count). The van der Waals surface area contributed by atoms with Crippen molar-refractivity contribution in [2.45, 2.75) is 82.8 Å². The van der Waals surface area contributed by atoms with Crippen molar-refractivity contribution in [3.05, 3.63) is 63.1 Å². The molecule has 1 unspecified atom stereocenters. The van der Waals surface area contributed by atoms with E-state index in [9.17, 15) is 41.0 Å². The fourth-order valence-electron chi connectivity index (χ4n) is 4.97. The van der Waals surface area contributed by atoms with Gasteiger partial charge in [-0.1, -0.05) is 54.8 Å². The molecule has 232 valence electrons. The maximum Gasteiger partial charge on any atom is 0.430 e. The van der Waals surface area contributed by atoms with E-state index in [0.717, 1.165) is 21.5 Å². The van der Waals surface area contributed by atoms with Crippen LogP contribution < -0.4 is 10.1 Å². The molecule has 0 radical (unpaired) electrons. The summed E-state index contributed by atoms with van der Waals surface area (Å²) in [4.78, 5) is 26.8. The Morgan fingerprint density at radius 1 is 0.929 bits per heavy atom. The number of rotatable bonds is 12. The molecular weight excluding hydrogens is 634 g/mol. The largest absolute Gasteiger partial charge is 0.493 e. The summed E-state index contributed by atoms with van der Waals surface area (Å²) in [5, 5.41) is 12.7. The number of unbranched alkanes of at least 4 members (excludes halogenated alkanes) is 1. The number of halogens is 7. The van der Waals surface area contributed by atoms with Crippen LogP contribution in [-0.4, -0.2) is 47.4 Å². The number of urea groups is 1. The predicted octanol–water partition coefficient (Wildman–Crippen LogP) is 7.29. The minimum atomic E-state index is -5.99. The van der Waals surface area contributed by atoms with Crippen molar-refractivity contribution in [1.29, 1.82) is 0 Å². The van der Waals surface area contributed by atoms with Crippen LogP contribution in [0.1, 0.15) is 68.7 Å². The van der Waals surface area contributed by atoms with Gasteiger partial charge in [0.2, 0.25) is 0 Å². The fraction of sp³-hybridized carbons (Fsp3) is 0.517. The molecule has 1 heterocycles. The first-order valence-corrected chi connectivity index (χ1v) is 14.4. The van der Waals surface area contributed by atoms with E-state index in [-0.39, 0.29) is 42.9 Å². The number of benzene rings is 2. The molecule has 0 spiro atoms. The number of alkyl halides is 6. The molecule has 2 aromatic rings. The van der Waals surface area contributed by atoms with Crippen LogP contribution in [0.2, 0.25) is 0 Å². The third kappa shape index (κ3) is 6.56. The van der Waals surface area contributed by atoms with E-state index in [4.69, 9.17) is 4.74 Å². The van der Waals surface area contributed by atoms with Gasteiger partial charge in [0, 0.05) is 16.6 Å². The molecule has 2 aromatic carbocycles. The topological polar surface area (TPSA) is 78.9 Å². The summed E-state index contributed by atoms with van der Waals surface area (Å²) in [6.45, 7) is 5.19. The normalized spacial score (nSPS) is 18.0. The summed E-state index contributed by atoms with van der Waals surface area (Å²) in [7, 11) is 0. The molecule has 2 N–H and O–H groups in total. The van der Waals surface area contributed by atoms with Crippen molar-refractivity contribution in [2.75, 3.05) is 13.2 Å². The van der Waals surface area contributed by atoms with E-state index in [0.29, 0.717) is 31.2 Å². The van der Waals surface area contributed by atoms with Crippen LogP contribution in [-0.2, 0) is 28.8 Å². The summed E-state index contributed by atoms with van der Waals surface area (Å²) >= 11 is 3.33. The summed E-state index contributed by atoms with van der Waals surface area (Å²) in [6, 6.07) is 7.88. The maximum absolute atomic E-state index is 13.6. The molecule has 1 fully saturated rings. The van der Waals surface area contributed by atoms with Crippen molar-refractivity contribution >= 4 is 27.9 Å². The van der Waals surface area contributed by atoms with Gasteiger partial charge in [-0.2, -0.15) is 26.3 Å². The summed E-state index contributed by atoms with van der Waals surface area (Å²) < 4.78 is 88.3. The number of carbonyl (C=O) groups excluding carboxylic acids is 2. The minimum absolute atomic E-state index is 0.0449. The van der Waals surface area contributed by atoms with Crippen molar-refractivity contribution in [3.8, 4) is 5.75 Å². The second-order valence-electron chi connectivity index (χ2n) is 10.4. The van der Waals surface area contributed by atoms with Crippen LogP contribution >= 0.6 is 15.9 Å². The molecule has 1 saturated heterocycles. The Bertz CT molecular complexity index is 1240. The maximum atomic E-state index is 13.6. The quantitative estimate of drug-likeness (QED) is 0.142. The number of carbonyl (C=O) groups is 2. The minimum Gasteiger partial charge on any atom is -0.493 e. The molecule has 0 aromatic heterocycles. The number of imide groups is 1. The van der Waals surface area contributed by atoms with Crippen LogP contribution in [0.15, 0.2) is 40.9 Å². The highest BCUT2D eigenvalue weighted by Crippen LogP contribution is 2.51. The Labute approximate surface area is 248 Å². The second-order valence-corrected chi connectivity index (χ2v) is 11.3. The lowest BCUT2D eigenvalue weighted by molar-refractivity contribution is -0.376. The highest BCUT2D eigenvalue weighted by atomic mass is 79.9. The SMILES string of the molecule is CCCc1cc(C(O)(C(F)(F)F)C(F)(F)F)cc(CCC)c1OCCCCN1C(=O)NC(C)(c2ccc(Br)cc2)C1=O. The van der Waals surface area contributed by atoms with Gasteiger partial charge in [0.25, 0.3) is 11.5 Å². The highest BCUT2D eigenvalue weighted by Gasteiger charge is 2.71. The molecule has 13 heteroatoms. The zero-order valence-corrected chi connectivity index (χ0v) is 25.0. The molecule has 0 bridgehead atoms. The third-order valence-electron chi connectivity index (χ3n) is 7.24. The number of nitrogens with zero attached hydrogens (tertiary/aromatic N) is 1. The predicted molar refractivity (Wildman–Crippen MR) is 147 cm³/mol. The Kier molecular flexibility index (Phi) is 10.3. The molecule has 3 amide bonds. The molecule has 1 aliphatic heterocycles. The van der Waals surface area contributed by atoms with E-state index in [2.05, 4.69) is 21.2 Å². The van der Waals surface area contributed by atoms with Crippen LogP contribution in [0.25, 0.3) is 0 Å². The zero-order valence-electron chi connectivity index (χ0n) is 23.4. The smallest absolute Gasteiger partial charge is 0.430 e. The Morgan fingerprint density at radius 3 is 1.93 bits per heavy atom. The van der Waals surface area contributed by atoms with Gasteiger partial charge < -0.3 is 15.2 Å². The lowest BCUT2D eigenvalue weighted by Crippen LogP contribution is -2.54. The first-order chi connectivity index (χ1) is 19.5. The first-order valence-electron chi connectivity index (χ1n) is 13.6. The van der Waals surface area contributed by atoms with E-state index < -0.39 is 41.0 Å². The molecule has 0 aliphatic carbocycles. The molecule has 1 aliphatic rings. The average molecular weight is 667 g/mol. The van der Waals surface area contributed by atoms with Gasteiger partial charge in [0.15, 0.2) is 0 Å². The average Bonchev–Trinajstić information content (AvgIpc) is 3.11. The fourth-order valence-corrected chi connectivity index (χ4v) is 5.24. The van der Waals surface area contributed by atoms with Gasteiger partial charge in [-0.3, -0.25) is 9.69 Å². The Balaban J connectivity index is 1.75. The Hall–Kier alpha value is -2.80. The molecule has 0 saturated carbocycles. The van der Waals surface area contributed by atoms with E-state index in [1.54, 1.807) is 45.0 Å². The van der Waals surface area contributed by atoms with Gasteiger partial charge in [-0.05, 0) is 73.6 Å². The number of ether oxygens (including phenoxy) is 1. The first kappa shape index (κ1) is 33.7. The Morgan fingerprint density at radius 2 is 1.45 bits per heavy atom. The summed E-state index contributed by atoms with van der Waals surface area (Å²) in [5.41, 5.74) is -6.68. The number of nitrogens with one attached hydrogen (secondary N) is 1. The van der Waals surface area contributed by atoms with E-state index >= 15 is 0 Å². The lowest BCUT2D eigenvalue weighted by Gasteiger charge is -2.33. The molecule has 42 heavy (non-hydrogen) atoms. The van der Waals surface area contributed by atoms with Gasteiger partial charge in [-0.15, -0.1) is 0 Å². The van der Waals surface area contributed by atoms with Crippen molar-refractivity contribution in [1.82, 2.24) is 10.2 Å². The lowest BCUT2D eigenvalue weighted by atomic mass is 9.87.